The first kappa shape index (κ1) is 16.1. The van der Waals surface area contributed by atoms with Crippen LogP contribution in [-0.4, -0.2) is 16.9 Å². The van der Waals surface area contributed by atoms with E-state index in [0.29, 0.717) is 19.9 Å². The van der Waals surface area contributed by atoms with Crippen molar-refractivity contribution in [1.29, 1.82) is 0 Å². The number of nitrogens with one attached hydrogen (secondary N) is 1. The number of carbonyl (C=O) groups excluding carboxylic acids is 2. The van der Waals surface area contributed by atoms with Gasteiger partial charge in [0.05, 0.1) is 15.0 Å². The molecule has 116 valence electrons. The van der Waals surface area contributed by atoms with Gasteiger partial charge in [-0.2, -0.15) is 0 Å². The summed E-state index contributed by atoms with van der Waals surface area (Å²) in [5.41, 5.74) is 0.385. The molecule has 2 aromatic rings. The van der Waals surface area contributed by atoms with E-state index in [1.165, 1.54) is 22.3 Å². The Kier molecular flexibility index (Phi) is 4.50. The van der Waals surface area contributed by atoms with Gasteiger partial charge in [0.15, 0.2) is 5.11 Å². The zero-order valence-corrected chi connectivity index (χ0v) is 14.5. The molecule has 0 bridgehead atoms. The molecule has 8 heteroatoms. The molecule has 3 rings (SSSR count). The van der Waals surface area contributed by atoms with Gasteiger partial charge in [0.1, 0.15) is 5.57 Å². The number of thiocarbonyl (C=S) groups is 1. The molecule has 0 radical (unpaired) electrons. The lowest BCUT2D eigenvalue weighted by Gasteiger charge is -2.29. The Morgan fingerprint density at radius 2 is 1.87 bits per heavy atom. The van der Waals surface area contributed by atoms with Gasteiger partial charge >= 0.3 is 0 Å². The molecular weight excluding hydrogens is 375 g/mol. The summed E-state index contributed by atoms with van der Waals surface area (Å²) in [5.74, 6) is -1.08. The predicted molar refractivity (Wildman–Crippen MR) is 97.0 cm³/mol. The zero-order chi connectivity index (χ0) is 16.6. The topological polar surface area (TPSA) is 49.4 Å². The van der Waals surface area contributed by atoms with E-state index < -0.39 is 11.8 Å². The summed E-state index contributed by atoms with van der Waals surface area (Å²) in [7, 11) is 0. The lowest BCUT2D eigenvalue weighted by atomic mass is 10.1. The third kappa shape index (κ3) is 3.16. The second-order valence-corrected chi connectivity index (χ2v) is 7.09. The third-order valence-electron chi connectivity index (χ3n) is 3.08. The summed E-state index contributed by atoms with van der Waals surface area (Å²) in [6.45, 7) is 0. The molecule has 1 fully saturated rings. The highest BCUT2D eigenvalue weighted by Gasteiger charge is 2.35. The maximum atomic E-state index is 12.7. The van der Waals surface area contributed by atoms with E-state index in [1.54, 1.807) is 36.4 Å². The second-order valence-electron chi connectivity index (χ2n) is 4.55. The highest BCUT2D eigenvalue weighted by Crippen LogP contribution is 2.30. The summed E-state index contributed by atoms with van der Waals surface area (Å²) in [6, 6.07) is 10.2. The maximum absolute atomic E-state index is 12.7. The number of hydrogen-bond acceptors (Lipinski definition) is 4. The fourth-order valence-corrected chi connectivity index (χ4v) is 3.56. The number of halogens is 2. The number of thiophene rings is 1. The highest BCUT2D eigenvalue weighted by atomic mass is 35.5. The summed E-state index contributed by atoms with van der Waals surface area (Å²) in [4.78, 5) is 26.7. The molecule has 0 unspecified atom stereocenters. The second kappa shape index (κ2) is 6.41. The van der Waals surface area contributed by atoms with Gasteiger partial charge in [-0.25, -0.2) is 0 Å². The van der Waals surface area contributed by atoms with Crippen molar-refractivity contribution in [1.82, 2.24) is 5.32 Å². The van der Waals surface area contributed by atoms with E-state index in [0.717, 1.165) is 0 Å². The molecule has 2 heterocycles. The van der Waals surface area contributed by atoms with Crippen LogP contribution < -0.4 is 10.2 Å². The van der Waals surface area contributed by atoms with E-state index in [-0.39, 0.29) is 10.7 Å². The number of benzene rings is 1. The van der Waals surface area contributed by atoms with Gasteiger partial charge in [-0.1, -0.05) is 35.3 Å². The first-order valence-corrected chi connectivity index (χ1v) is 8.37. The predicted octanol–water partition coefficient (Wildman–Crippen LogP) is 3.89. The maximum Gasteiger partial charge on any atom is 0.270 e. The van der Waals surface area contributed by atoms with Gasteiger partial charge in [-0.15, -0.1) is 11.3 Å². The van der Waals surface area contributed by atoms with Crippen LogP contribution in [0, 0.1) is 0 Å². The molecule has 23 heavy (non-hydrogen) atoms. The van der Waals surface area contributed by atoms with Crippen molar-refractivity contribution in [2.45, 2.75) is 0 Å². The largest absolute Gasteiger partial charge is 0.298 e. The van der Waals surface area contributed by atoms with Crippen molar-refractivity contribution in [2.75, 3.05) is 4.90 Å². The summed E-state index contributed by atoms with van der Waals surface area (Å²) in [5, 5.41) is 2.86. The Morgan fingerprint density at radius 3 is 2.52 bits per heavy atom. The van der Waals surface area contributed by atoms with Crippen LogP contribution in [0.4, 0.5) is 5.69 Å². The van der Waals surface area contributed by atoms with E-state index in [1.807, 2.05) is 0 Å². The Balaban J connectivity index is 2.04. The molecule has 1 aliphatic heterocycles. The normalized spacial score (nSPS) is 16.9. The molecule has 2 amide bonds. The number of rotatable bonds is 2. The molecule has 1 aliphatic rings. The number of hydrogen-bond donors (Lipinski definition) is 1. The highest BCUT2D eigenvalue weighted by molar-refractivity contribution is 7.80. The molecule has 4 nitrogen and oxygen atoms in total. The summed E-state index contributed by atoms with van der Waals surface area (Å²) < 4.78 is 0.569. The smallest absolute Gasteiger partial charge is 0.270 e. The van der Waals surface area contributed by atoms with Gasteiger partial charge in [0, 0.05) is 4.88 Å². The summed E-state index contributed by atoms with van der Waals surface area (Å²) >= 11 is 18.4. The van der Waals surface area contributed by atoms with Crippen molar-refractivity contribution >= 4 is 75.4 Å². The van der Waals surface area contributed by atoms with Crippen LogP contribution in [0.25, 0.3) is 6.08 Å². The van der Waals surface area contributed by atoms with Crippen LogP contribution in [0.5, 0.6) is 0 Å². The quantitative estimate of drug-likeness (QED) is 0.486. The molecular formula is C15H8Cl2N2O2S2. The van der Waals surface area contributed by atoms with Crippen LogP contribution >= 0.6 is 46.8 Å². The van der Waals surface area contributed by atoms with E-state index in [2.05, 4.69) is 5.32 Å². The minimum atomic E-state index is -0.548. The fraction of sp³-hybridized carbons (Fsp3) is 0. The number of nitrogens with zero attached hydrogens (tertiary/aromatic N) is 1. The van der Waals surface area contributed by atoms with Crippen molar-refractivity contribution < 1.29 is 9.59 Å². The SMILES string of the molecule is O=C1NC(=S)N(c2ccccc2Cl)C(=O)/C1=C/c1ccc(Cl)s1. The number of carbonyl (C=O) groups is 2. The van der Waals surface area contributed by atoms with Crippen LogP contribution in [0.3, 0.4) is 0 Å². The molecule has 1 aromatic carbocycles. The average molecular weight is 383 g/mol. The zero-order valence-electron chi connectivity index (χ0n) is 11.4. The summed E-state index contributed by atoms with van der Waals surface area (Å²) in [6.07, 6.45) is 1.49. The van der Waals surface area contributed by atoms with Crippen molar-refractivity contribution in [3.63, 3.8) is 0 Å². The van der Waals surface area contributed by atoms with Gasteiger partial charge in [0.2, 0.25) is 0 Å². The Hall–Kier alpha value is -1.73. The Labute approximate surface area is 151 Å². The molecule has 0 aliphatic carbocycles. The van der Waals surface area contributed by atoms with Crippen LogP contribution in [0.1, 0.15) is 4.88 Å². The minimum absolute atomic E-state index is 0.00513. The third-order valence-corrected chi connectivity index (χ3v) is 4.86. The van der Waals surface area contributed by atoms with Crippen LogP contribution in [0.2, 0.25) is 9.36 Å². The molecule has 1 aromatic heterocycles. The first-order chi connectivity index (χ1) is 11.0. The number of amides is 2. The van der Waals surface area contributed by atoms with Gasteiger partial charge in [0.25, 0.3) is 11.8 Å². The van der Waals surface area contributed by atoms with Crippen molar-refractivity contribution in [3.8, 4) is 0 Å². The Morgan fingerprint density at radius 1 is 1.13 bits per heavy atom. The fourth-order valence-electron chi connectivity index (χ4n) is 2.06. The first-order valence-electron chi connectivity index (χ1n) is 6.38. The molecule has 1 saturated heterocycles. The molecule has 0 saturated carbocycles. The van der Waals surface area contributed by atoms with Crippen LogP contribution in [0.15, 0.2) is 42.0 Å². The number of para-hydroxylation sites is 1. The van der Waals surface area contributed by atoms with Crippen molar-refractivity contribution in [2.24, 2.45) is 0 Å². The monoisotopic (exact) mass is 382 g/mol. The van der Waals surface area contributed by atoms with E-state index >= 15 is 0 Å². The Bertz CT molecular complexity index is 861. The van der Waals surface area contributed by atoms with E-state index in [4.69, 9.17) is 35.4 Å². The van der Waals surface area contributed by atoms with Crippen molar-refractivity contribution in [3.05, 3.63) is 56.2 Å². The van der Waals surface area contributed by atoms with Gasteiger partial charge in [-0.3, -0.25) is 19.8 Å². The minimum Gasteiger partial charge on any atom is -0.298 e. The standard InChI is InChI=1S/C15H8Cl2N2O2S2/c16-10-3-1-2-4-11(10)19-14(21)9(13(20)18-15(19)22)7-8-5-6-12(17)23-8/h1-7H,(H,18,20,22)/b9-7+. The molecule has 1 N–H and O–H groups in total. The average Bonchev–Trinajstić information content (AvgIpc) is 2.91. The van der Waals surface area contributed by atoms with E-state index in [9.17, 15) is 9.59 Å². The molecule has 0 atom stereocenters. The van der Waals surface area contributed by atoms with Gasteiger partial charge in [-0.05, 0) is 42.6 Å². The lowest BCUT2D eigenvalue weighted by Crippen LogP contribution is -2.54. The van der Waals surface area contributed by atoms with Crippen LogP contribution in [-0.2, 0) is 9.59 Å². The number of anilines is 1. The lowest BCUT2D eigenvalue weighted by molar-refractivity contribution is -0.122. The molecule has 0 spiro atoms. The van der Waals surface area contributed by atoms with Gasteiger partial charge < -0.3 is 0 Å².